The van der Waals surface area contributed by atoms with E-state index in [-0.39, 0.29) is 12.3 Å². The molecule has 0 saturated carbocycles. The number of hydrogen-bond acceptors (Lipinski definition) is 6. The molecule has 1 atom stereocenters. The Morgan fingerprint density at radius 3 is 2.44 bits per heavy atom. The number of rotatable bonds is 8. The van der Waals surface area contributed by atoms with Gasteiger partial charge >= 0.3 is 5.97 Å². The molecule has 0 radical (unpaired) electrons. The number of benzene rings is 2. The van der Waals surface area contributed by atoms with Crippen molar-refractivity contribution in [3.63, 3.8) is 0 Å². The van der Waals surface area contributed by atoms with Crippen LogP contribution >= 0.6 is 0 Å². The molecule has 0 spiro atoms. The molecule has 8 nitrogen and oxygen atoms in total. The van der Waals surface area contributed by atoms with Crippen LogP contribution in [0, 0.1) is 10.1 Å². The lowest BCUT2D eigenvalue weighted by Crippen LogP contribution is -2.31. The van der Waals surface area contributed by atoms with Crippen molar-refractivity contribution >= 4 is 23.3 Å². The molecule has 142 valence electrons. The number of hydrogen-bond donors (Lipinski definition) is 1. The standard InChI is InChI=1S/C19H20N2O6/c1-3-14-6-4-5-7-17(14)26-12-18(22)27-13(2)19(23)20-15-8-10-16(11-9-15)21(24)25/h4-11,13H,3,12H2,1-2H3,(H,20,23). The molecule has 0 aliphatic heterocycles. The summed E-state index contributed by atoms with van der Waals surface area (Å²) in [6, 6.07) is 12.7. The van der Waals surface area contributed by atoms with E-state index in [1.54, 1.807) is 12.1 Å². The maximum atomic E-state index is 12.1. The van der Waals surface area contributed by atoms with Crippen molar-refractivity contribution in [3.8, 4) is 5.75 Å². The number of nitrogens with zero attached hydrogens (tertiary/aromatic N) is 1. The van der Waals surface area contributed by atoms with Crippen LogP contribution in [0.15, 0.2) is 48.5 Å². The lowest BCUT2D eigenvalue weighted by atomic mass is 10.1. The second-order valence-electron chi connectivity index (χ2n) is 5.68. The van der Waals surface area contributed by atoms with Crippen molar-refractivity contribution in [2.24, 2.45) is 0 Å². The SMILES string of the molecule is CCc1ccccc1OCC(=O)OC(C)C(=O)Nc1ccc([N+](=O)[O-])cc1. The van der Waals surface area contributed by atoms with Crippen molar-refractivity contribution in [1.82, 2.24) is 0 Å². The van der Waals surface area contributed by atoms with Crippen LogP contribution in [0.2, 0.25) is 0 Å². The minimum absolute atomic E-state index is 0.0861. The molecule has 0 saturated heterocycles. The zero-order valence-corrected chi connectivity index (χ0v) is 15.0. The minimum Gasteiger partial charge on any atom is -0.482 e. The fourth-order valence-electron chi connectivity index (χ4n) is 2.27. The number of nitro groups is 1. The first kappa shape index (κ1) is 19.9. The van der Waals surface area contributed by atoms with Crippen molar-refractivity contribution in [2.45, 2.75) is 26.4 Å². The smallest absolute Gasteiger partial charge is 0.344 e. The Kier molecular flexibility index (Phi) is 6.87. The molecular weight excluding hydrogens is 352 g/mol. The summed E-state index contributed by atoms with van der Waals surface area (Å²) in [5, 5.41) is 13.1. The van der Waals surface area contributed by atoms with Gasteiger partial charge in [-0.3, -0.25) is 14.9 Å². The second-order valence-corrected chi connectivity index (χ2v) is 5.68. The maximum absolute atomic E-state index is 12.1. The quantitative estimate of drug-likeness (QED) is 0.433. The molecule has 0 aliphatic rings. The summed E-state index contributed by atoms with van der Waals surface area (Å²) in [6.07, 6.45) is -0.281. The van der Waals surface area contributed by atoms with E-state index in [2.05, 4.69) is 5.32 Å². The van der Waals surface area contributed by atoms with E-state index >= 15 is 0 Å². The van der Waals surface area contributed by atoms with Gasteiger partial charge in [0.2, 0.25) is 0 Å². The molecule has 0 fully saturated rings. The predicted molar refractivity (Wildman–Crippen MR) is 98.6 cm³/mol. The topological polar surface area (TPSA) is 108 Å². The molecule has 0 heterocycles. The number of ether oxygens (including phenoxy) is 2. The number of amides is 1. The summed E-state index contributed by atoms with van der Waals surface area (Å²) in [5.41, 5.74) is 1.24. The predicted octanol–water partition coefficient (Wildman–Crippen LogP) is 3.11. The van der Waals surface area contributed by atoms with Gasteiger partial charge in [0.1, 0.15) is 5.75 Å². The zero-order chi connectivity index (χ0) is 19.8. The molecule has 0 aliphatic carbocycles. The summed E-state index contributed by atoms with van der Waals surface area (Å²) in [4.78, 5) is 34.1. The Morgan fingerprint density at radius 2 is 1.81 bits per heavy atom. The molecule has 2 aromatic carbocycles. The number of carbonyl (C=O) groups is 2. The van der Waals surface area contributed by atoms with E-state index in [0.29, 0.717) is 11.4 Å². The minimum atomic E-state index is -1.04. The van der Waals surface area contributed by atoms with E-state index in [0.717, 1.165) is 12.0 Å². The Hall–Kier alpha value is -3.42. The van der Waals surface area contributed by atoms with E-state index in [1.165, 1.54) is 31.2 Å². The molecule has 1 unspecified atom stereocenters. The molecule has 8 heteroatoms. The average molecular weight is 372 g/mol. The fourth-order valence-corrected chi connectivity index (χ4v) is 2.27. The van der Waals surface area contributed by atoms with Gasteiger partial charge in [-0.2, -0.15) is 0 Å². The molecule has 1 amide bonds. The average Bonchev–Trinajstić information content (AvgIpc) is 2.66. The molecule has 2 rings (SSSR count). The molecule has 0 bridgehead atoms. The van der Waals surface area contributed by atoms with Crippen LogP contribution in [0.4, 0.5) is 11.4 Å². The molecular formula is C19H20N2O6. The number of anilines is 1. The molecule has 1 N–H and O–H groups in total. The van der Waals surface area contributed by atoms with Crippen LogP contribution in [0.1, 0.15) is 19.4 Å². The highest BCUT2D eigenvalue weighted by Gasteiger charge is 2.19. The highest BCUT2D eigenvalue weighted by atomic mass is 16.6. The van der Waals surface area contributed by atoms with E-state index in [4.69, 9.17) is 9.47 Å². The van der Waals surface area contributed by atoms with Crippen molar-refractivity contribution in [2.75, 3.05) is 11.9 Å². The third-order valence-electron chi connectivity index (χ3n) is 3.72. The van der Waals surface area contributed by atoms with Gasteiger partial charge in [-0.1, -0.05) is 25.1 Å². The van der Waals surface area contributed by atoms with Crippen LogP contribution in [-0.4, -0.2) is 29.5 Å². The van der Waals surface area contributed by atoms with Gasteiger partial charge in [-0.15, -0.1) is 0 Å². The van der Waals surface area contributed by atoms with E-state index in [9.17, 15) is 19.7 Å². The Morgan fingerprint density at radius 1 is 1.15 bits per heavy atom. The Bertz CT molecular complexity index is 819. The first-order chi connectivity index (χ1) is 12.9. The number of nitro benzene ring substituents is 1. The third-order valence-corrected chi connectivity index (χ3v) is 3.72. The molecule has 27 heavy (non-hydrogen) atoms. The maximum Gasteiger partial charge on any atom is 0.344 e. The van der Waals surface area contributed by atoms with Gasteiger partial charge in [0, 0.05) is 17.8 Å². The fraction of sp³-hybridized carbons (Fsp3) is 0.263. The summed E-state index contributed by atoms with van der Waals surface area (Å²) in [6.45, 7) is 3.09. The van der Waals surface area contributed by atoms with Gasteiger partial charge in [-0.05, 0) is 37.1 Å². The molecule has 2 aromatic rings. The number of nitrogens with one attached hydrogen (secondary N) is 1. The van der Waals surface area contributed by atoms with Gasteiger partial charge in [-0.25, -0.2) is 4.79 Å². The number of aryl methyl sites for hydroxylation is 1. The number of esters is 1. The van der Waals surface area contributed by atoms with E-state index in [1.807, 2.05) is 19.1 Å². The van der Waals surface area contributed by atoms with Crippen LogP contribution in [0.25, 0.3) is 0 Å². The van der Waals surface area contributed by atoms with Crippen molar-refractivity contribution in [3.05, 3.63) is 64.2 Å². The highest BCUT2D eigenvalue weighted by Crippen LogP contribution is 2.18. The zero-order valence-electron chi connectivity index (χ0n) is 15.0. The van der Waals surface area contributed by atoms with Gasteiger partial charge < -0.3 is 14.8 Å². The second kappa shape index (κ2) is 9.33. The van der Waals surface area contributed by atoms with Crippen LogP contribution in [-0.2, 0) is 20.7 Å². The van der Waals surface area contributed by atoms with Crippen molar-refractivity contribution in [1.29, 1.82) is 0 Å². The summed E-state index contributed by atoms with van der Waals surface area (Å²) >= 11 is 0. The van der Waals surface area contributed by atoms with Crippen molar-refractivity contribution < 1.29 is 24.0 Å². The summed E-state index contributed by atoms with van der Waals surface area (Å²) in [5.74, 6) is -0.627. The highest BCUT2D eigenvalue weighted by molar-refractivity contribution is 5.95. The van der Waals surface area contributed by atoms with Crippen LogP contribution in [0.3, 0.4) is 0 Å². The normalized spacial score (nSPS) is 11.3. The largest absolute Gasteiger partial charge is 0.482 e. The van der Waals surface area contributed by atoms with Gasteiger partial charge in [0.25, 0.3) is 11.6 Å². The first-order valence-corrected chi connectivity index (χ1v) is 8.36. The number of carbonyl (C=O) groups excluding carboxylic acids is 2. The first-order valence-electron chi connectivity index (χ1n) is 8.36. The Balaban J connectivity index is 1.84. The Labute approximate surface area is 156 Å². The number of para-hydroxylation sites is 1. The monoisotopic (exact) mass is 372 g/mol. The summed E-state index contributed by atoms with van der Waals surface area (Å²) in [7, 11) is 0. The van der Waals surface area contributed by atoms with Crippen LogP contribution in [0.5, 0.6) is 5.75 Å². The van der Waals surface area contributed by atoms with Gasteiger partial charge in [0.15, 0.2) is 12.7 Å². The third kappa shape index (κ3) is 5.81. The van der Waals surface area contributed by atoms with Crippen LogP contribution < -0.4 is 10.1 Å². The molecule has 0 aromatic heterocycles. The lowest BCUT2D eigenvalue weighted by molar-refractivity contribution is -0.384. The van der Waals surface area contributed by atoms with Gasteiger partial charge in [0.05, 0.1) is 4.92 Å². The lowest BCUT2D eigenvalue weighted by Gasteiger charge is -2.14. The van der Waals surface area contributed by atoms with E-state index < -0.39 is 22.9 Å². The summed E-state index contributed by atoms with van der Waals surface area (Å²) < 4.78 is 10.5. The number of non-ortho nitro benzene ring substituents is 1.